The fourth-order valence-electron chi connectivity index (χ4n) is 3.41. The monoisotopic (exact) mass is 387 g/mol. The normalized spacial score (nSPS) is 13.4. The lowest BCUT2D eigenvalue weighted by Gasteiger charge is -2.16. The fourth-order valence-corrected chi connectivity index (χ4v) is 3.41. The molecule has 0 spiro atoms. The summed E-state index contributed by atoms with van der Waals surface area (Å²) in [5.74, 6) is 1.12. The lowest BCUT2D eigenvalue weighted by molar-refractivity contribution is 0.0787. The summed E-state index contributed by atoms with van der Waals surface area (Å²) in [6.07, 6.45) is 2.09. The fraction of sp³-hybridized carbons (Fsp3) is 0.261. The van der Waals surface area contributed by atoms with Crippen molar-refractivity contribution >= 4 is 23.1 Å². The van der Waals surface area contributed by atoms with Crippen molar-refractivity contribution in [3.8, 4) is 11.4 Å². The second kappa shape index (κ2) is 8.31. The van der Waals surface area contributed by atoms with Gasteiger partial charge in [-0.2, -0.15) is 0 Å². The van der Waals surface area contributed by atoms with Gasteiger partial charge in [0.15, 0.2) is 5.82 Å². The van der Waals surface area contributed by atoms with Crippen LogP contribution in [0.2, 0.25) is 0 Å². The molecule has 2 heterocycles. The quantitative estimate of drug-likeness (QED) is 0.711. The molecular weight excluding hydrogens is 362 g/mol. The van der Waals surface area contributed by atoms with Crippen LogP contribution >= 0.6 is 0 Å². The summed E-state index contributed by atoms with van der Waals surface area (Å²) in [4.78, 5) is 26.1. The van der Waals surface area contributed by atoms with Gasteiger partial charge in [0.2, 0.25) is 0 Å². The van der Waals surface area contributed by atoms with E-state index in [-0.39, 0.29) is 5.91 Å². The maximum absolute atomic E-state index is 13.0. The van der Waals surface area contributed by atoms with E-state index < -0.39 is 0 Å². The van der Waals surface area contributed by atoms with E-state index in [2.05, 4.69) is 20.2 Å². The van der Waals surface area contributed by atoms with Gasteiger partial charge in [-0.05, 0) is 37.1 Å². The molecule has 1 aliphatic rings. The number of nitrogens with one attached hydrogen (secondary N) is 1. The van der Waals surface area contributed by atoms with Crippen molar-refractivity contribution in [2.75, 3.05) is 37.4 Å². The molecule has 6 nitrogen and oxygen atoms in total. The van der Waals surface area contributed by atoms with E-state index in [1.54, 1.807) is 6.07 Å². The van der Waals surface area contributed by atoms with Gasteiger partial charge in [0.25, 0.3) is 5.91 Å². The summed E-state index contributed by atoms with van der Waals surface area (Å²) in [7, 11) is 4.02. The van der Waals surface area contributed by atoms with E-state index in [4.69, 9.17) is 0 Å². The molecule has 0 unspecified atom stereocenters. The van der Waals surface area contributed by atoms with Crippen LogP contribution in [0.5, 0.6) is 0 Å². The minimum absolute atomic E-state index is 0.0342. The molecule has 0 saturated carbocycles. The van der Waals surface area contributed by atoms with Crippen LogP contribution in [-0.4, -0.2) is 48.0 Å². The van der Waals surface area contributed by atoms with Crippen molar-refractivity contribution in [1.29, 1.82) is 0 Å². The van der Waals surface area contributed by atoms with Gasteiger partial charge in [-0.25, -0.2) is 9.97 Å². The first-order chi connectivity index (χ1) is 14.1. The predicted molar refractivity (Wildman–Crippen MR) is 117 cm³/mol. The Labute approximate surface area is 171 Å². The van der Waals surface area contributed by atoms with Crippen LogP contribution < -0.4 is 10.2 Å². The van der Waals surface area contributed by atoms with E-state index in [9.17, 15) is 4.79 Å². The van der Waals surface area contributed by atoms with Gasteiger partial charge in [0.1, 0.15) is 11.5 Å². The Morgan fingerprint density at radius 2 is 1.66 bits per heavy atom. The van der Waals surface area contributed by atoms with E-state index in [0.29, 0.717) is 17.3 Å². The number of aromatic nitrogens is 2. The molecule has 0 radical (unpaired) electrons. The van der Waals surface area contributed by atoms with Crippen LogP contribution in [0.4, 0.5) is 17.2 Å². The number of benzene rings is 2. The van der Waals surface area contributed by atoms with Gasteiger partial charge in [-0.3, -0.25) is 4.79 Å². The van der Waals surface area contributed by atoms with Crippen LogP contribution in [0.25, 0.3) is 11.4 Å². The smallest absolute Gasteiger partial charge is 0.272 e. The summed E-state index contributed by atoms with van der Waals surface area (Å²) in [5, 5.41) is 3.33. The molecule has 0 bridgehead atoms. The third-order valence-corrected chi connectivity index (χ3v) is 5.03. The lowest BCUT2D eigenvalue weighted by Crippen LogP contribution is -2.28. The Hall–Kier alpha value is -3.41. The largest absolute Gasteiger partial charge is 0.378 e. The number of anilines is 3. The summed E-state index contributed by atoms with van der Waals surface area (Å²) >= 11 is 0. The maximum Gasteiger partial charge on any atom is 0.272 e. The highest BCUT2D eigenvalue weighted by Gasteiger charge is 2.22. The number of hydrogen-bond acceptors (Lipinski definition) is 5. The Kier molecular flexibility index (Phi) is 5.42. The average molecular weight is 387 g/mol. The predicted octanol–water partition coefficient (Wildman–Crippen LogP) is 4.19. The Balaban J connectivity index is 1.68. The van der Waals surface area contributed by atoms with Gasteiger partial charge >= 0.3 is 0 Å². The molecule has 1 fully saturated rings. The molecule has 1 N–H and O–H groups in total. The van der Waals surface area contributed by atoms with Crippen LogP contribution in [0.1, 0.15) is 23.3 Å². The zero-order valence-corrected chi connectivity index (χ0v) is 16.8. The molecule has 29 heavy (non-hydrogen) atoms. The third-order valence-electron chi connectivity index (χ3n) is 5.03. The van der Waals surface area contributed by atoms with Crippen LogP contribution in [0, 0.1) is 0 Å². The van der Waals surface area contributed by atoms with Crippen molar-refractivity contribution in [1.82, 2.24) is 14.9 Å². The van der Waals surface area contributed by atoms with E-state index in [0.717, 1.165) is 42.9 Å². The van der Waals surface area contributed by atoms with Crippen LogP contribution in [0.3, 0.4) is 0 Å². The number of amides is 1. The van der Waals surface area contributed by atoms with E-state index in [1.165, 1.54) is 0 Å². The Bertz CT molecular complexity index is 980. The van der Waals surface area contributed by atoms with Gasteiger partial charge < -0.3 is 15.1 Å². The third kappa shape index (κ3) is 4.37. The first-order valence-corrected chi connectivity index (χ1v) is 9.88. The lowest BCUT2D eigenvalue weighted by atomic mass is 10.2. The molecule has 2 aromatic carbocycles. The van der Waals surface area contributed by atoms with E-state index in [1.807, 2.05) is 73.6 Å². The first kappa shape index (κ1) is 18.9. The van der Waals surface area contributed by atoms with Crippen LogP contribution in [-0.2, 0) is 0 Å². The number of rotatable bonds is 5. The molecular formula is C23H25N5O. The minimum Gasteiger partial charge on any atom is -0.378 e. The Morgan fingerprint density at radius 3 is 2.31 bits per heavy atom. The summed E-state index contributed by atoms with van der Waals surface area (Å²) in [6, 6.07) is 19.6. The minimum atomic E-state index is -0.0342. The standard InChI is InChI=1S/C23H25N5O/c1-27(2)19-12-10-18(11-13-19)24-21-16-20(23(29)28-14-6-7-15-28)25-22(26-21)17-8-4-3-5-9-17/h3-5,8-13,16H,6-7,14-15H2,1-2H3,(H,24,25,26). The topological polar surface area (TPSA) is 61.4 Å². The number of likely N-dealkylation sites (tertiary alicyclic amines) is 1. The molecule has 1 aromatic heterocycles. The van der Waals surface area contributed by atoms with E-state index >= 15 is 0 Å². The van der Waals surface area contributed by atoms with Crippen molar-refractivity contribution < 1.29 is 4.79 Å². The van der Waals surface area contributed by atoms with Crippen molar-refractivity contribution in [3.05, 3.63) is 66.4 Å². The molecule has 1 amide bonds. The van der Waals surface area contributed by atoms with Gasteiger partial charge in [0.05, 0.1) is 0 Å². The number of hydrogen-bond donors (Lipinski definition) is 1. The molecule has 1 aliphatic heterocycles. The SMILES string of the molecule is CN(C)c1ccc(Nc2cc(C(=O)N3CCCC3)nc(-c3ccccc3)n2)cc1. The molecule has 4 rings (SSSR count). The second-order valence-electron chi connectivity index (χ2n) is 7.39. The summed E-state index contributed by atoms with van der Waals surface area (Å²) < 4.78 is 0. The molecule has 0 atom stereocenters. The summed E-state index contributed by atoms with van der Waals surface area (Å²) in [6.45, 7) is 1.58. The maximum atomic E-state index is 13.0. The highest BCUT2D eigenvalue weighted by molar-refractivity contribution is 5.93. The molecule has 1 saturated heterocycles. The highest BCUT2D eigenvalue weighted by Crippen LogP contribution is 2.23. The Morgan fingerprint density at radius 1 is 0.966 bits per heavy atom. The summed E-state index contributed by atoms with van der Waals surface area (Å²) in [5.41, 5.74) is 3.34. The number of carbonyl (C=O) groups is 1. The molecule has 3 aromatic rings. The second-order valence-corrected chi connectivity index (χ2v) is 7.39. The number of nitrogens with zero attached hydrogens (tertiary/aromatic N) is 4. The zero-order chi connectivity index (χ0) is 20.2. The highest BCUT2D eigenvalue weighted by atomic mass is 16.2. The van der Waals surface area contributed by atoms with Gasteiger partial charge in [-0.15, -0.1) is 0 Å². The molecule has 148 valence electrons. The van der Waals surface area contributed by atoms with Crippen LogP contribution in [0.15, 0.2) is 60.7 Å². The zero-order valence-electron chi connectivity index (χ0n) is 16.8. The molecule has 6 heteroatoms. The van der Waals surface area contributed by atoms with Crippen molar-refractivity contribution in [2.24, 2.45) is 0 Å². The van der Waals surface area contributed by atoms with Crippen molar-refractivity contribution in [3.63, 3.8) is 0 Å². The van der Waals surface area contributed by atoms with Crippen molar-refractivity contribution in [2.45, 2.75) is 12.8 Å². The molecule has 0 aliphatic carbocycles. The first-order valence-electron chi connectivity index (χ1n) is 9.88. The number of carbonyl (C=O) groups excluding carboxylic acids is 1. The average Bonchev–Trinajstić information content (AvgIpc) is 3.29. The van der Waals surface area contributed by atoms with Gasteiger partial charge in [0, 0.05) is 50.2 Å². The van der Waals surface area contributed by atoms with Gasteiger partial charge in [-0.1, -0.05) is 30.3 Å².